The Morgan fingerprint density at radius 3 is 1.79 bits per heavy atom. The Bertz CT molecular complexity index is 801. The van der Waals surface area contributed by atoms with Crippen molar-refractivity contribution in [3.8, 4) is 0 Å². The monoisotopic (exact) mass is 488 g/mol. The molecular weight excluding hydrogens is 440 g/mol. The number of thioether (sulfide) groups is 2. The quantitative estimate of drug-likeness (QED) is 0.295. The summed E-state index contributed by atoms with van der Waals surface area (Å²) in [5.74, 6) is 0.780. The van der Waals surface area contributed by atoms with Gasteiger partial charge in [-0.15, -0.1) is 0 Å². The first-order valence-electron chi connectivity index (χ1n) is 12.9. The van der Waals surface area contributed by atoms with Gasteiger partial charge in [-0.1, -0.05) is 110 Å². The number of rotatable bonds is 12. The molecule has 0 saturated carbocycles. The van der Waals surface area contributed by atoms with Crippen LogP contribution < -0.4 is 0 Å². The molecule has 0 fully saturated rings. The summed E-state index contributed by atoms with van der Waals surface area (Å²) in [4.78, 5) is 5.72. The summed E-state index contributed by atoms with van der Waals surface area (Å²) in [6.45, 7) is 18.5. The van der Waals surface area contributed by atoms with Crippen LogP contribution in [0.2, 0.25) is 0 Å². The SMILES string of the molecule is CCC(C)(CO)CCCC1=CC(C)(C)C=C(/C=C\C2=CC(C)(C)C=C(CCCC(C)C)S2)S1. The van der Waals surface area contributed by atoms with Crippen molar-refractivity contribution in [1.82, 2.24) is 0 Å². The number of aliphatic hydroxyl groups is 1. The van der Waals surface area contributed by atoms with E-state index in [4.69, 9.17) is 0 Å². The van der Waals surface area contributed by atoms with Gasteiger partial charge in [-0.3, -0.25) is 0 Å². The fourth-order valence-electron chi connectivity index (χ4n) is 4.38. The van der Waals surface area contributed by atoms with Crippen molar-refractivity contribution in [2.24, 2.45) is 22.2 Å². The highest BCUT2D eigenvalue weighted by Crippen LogP contribution is 2.44. The second-order valence-electron chi connectivity index (χ2n) is 12.0. The summed E-state index contributed by atoms with van der Waals surface area (Å²) in [7, 11) is 0. The van der Waals surface area contributed by atoms with Gasteiger partial charge >= 0.3 is 0 Å². The minimum Gasteiger partial charge on any atom is -0.396 e. The summed E-state index contributed by atoms with van der Waals surface area (Å²) in [5.41, 5.74) is 0.265. The Morgan fingerprint density at radius 1 is 0.879 bits per heavy atom. The lowest BCUT2D eigenvalue weighted by Crippen LogP contribution is -2.20. The number of allylic oxidation sites excluding steroid dienone is 8. The van der Waals surface area contributed by atoms with Gasteiger partial charge in [0.05, 0.1) is 0 Å². The van der Waals surface area contributed by atoms with Crippen LogP contribution in [0.5, 0.6) is 0 Å². The summed E-state index contributed by atoms with van der Waals surface area (Å²) < 4.78 is 0. The van der Waals surface area contributed by atoms with Crippen LogP contribution in [0, 0.1) is 22.2 Å². The second kappa shape index (κ2) is 12.4. The molecule has 1 nitrogen and oxygen atoms in total. The largest absolute Gasteiger partial charge is 0.396 e. The molecule has 33 heavy (non-hydrogen) atoms. The Morgan fingerprint density at radius 2 is 1.36 bits per heavy atom. The van der Waals surface area contributed by atoms with Gasteiger partial charge in [0, 0.05) is 27.2 Å². The molecule has 186 valence electrons. The van der Waals surface area contributed by atoms with E-state index in [0.717, 1.165) is 31.6 Å². The van der Waals surface area contributed by atoms with Gasteiger partial charge < -0.3 is 5.11 Å². The van der Waals surface area contributed by atoms with Gasteiger partial charge in [0.2, 0.25) is 0 Å². The highest BCUT2D eigenvalue weighted by Gasteiger charge is 2.24. The second-order valence-corrected chi connectivity index (χ2v) is 14.4. The van der Waals surface area contributed by atoms with Crippen molar-refractivity contribution in [1.29, 1.82) is 0 Å². The lowest BCUT2D eigenvalue weighted by molar-refractivity contribution is 0.126. The van der Waals surface area contributed by atoms with Crippen LogP contribution in [-0.2, 0) is 0 Å². The van der Waals surface area contributed by atoms with Crippen LogP contribution in [0.1, 0.15) is 100 Å². The van der Waals surface area contributed by atoms with Crippen LogP contribution in [0.15, 0.2) is 56.1 Å². The first kappa shape index (κ1) is 28.6. The standard InChI is InChI=1S/C30H48OS2/c1-9-30(8,22-31)17-11-14-25-19-29(6,7)21-27(33-25)16-15-26-20-28(4,5)18-24(32-26)13-10-12-23(2)3/h15-16,18-21,23,31H,9-14,17,22H2,1-8H3/b16-15-. The van der Waals surface area contributed by atoms with Crippen LogP contribution in [0.3, 0.4) is 0 Å². The molecule has 0 spiro atoms. The predicted molar refractivity (Wildman–Crippen MR) is 152 cm³/mol. The van der Waals surface area contributed by atoms with E-state index in [9.17, 15) is 5.11 Å². The molecule has 1 atom stereocenters. The van der Waals surface area contributed by atoms with E-state index in [1.807, 2.05) is 23.5 Å². The van der Waals surface area contributed by atoms with Crippen molar-refractivity contribution >= 4 is 23.5 Å². The summed E-state index contributed by atoms with van der Waals surface area (Å²) in [5, 5.41) is 9.72. The normalized spacial score (nSPS) is 22.0. The van der Waals surface area contributed by atoms with E-state index >= 15 is 0 Å². The van der Waals surface area contributed by atoms with Gasteiger partial charge in [0.1, 0.15) is 0 Å². The van der Waals surface area contributed by atoms with Gasteiger partial charge in [-0.2, -0.15) is 0 Å². The molecule has 0 aliphatic carbocycles. The summed E-state index contributed by atoms with van der Waals surface area (Å²) in [6.07, 6.45) is 22.5. The first-order valence-corrected chi connectivity index (χ1v) is 14.5. The number of hydrogen-bond acceptors (Lipinski definition) is 3. The molecular formula is C30H48OS2. The minimum absolute atomic E-state index is 0.0614. The molecule has 2 heterocycles. The predicted octanol–water partition coefficient (Wildman–Crippen LogP) is 10.0. The molecule has 1 unspecified atom stereocenters. The lowest BCUT2D eigenvalue weighted by atomic mass is 9.83. The third-order valence-corrected chi connectivity index (χ3v) is 8.80. The number of aliphatic hydroxyl groups excluding tert-OH is 1. The Labute approximate surface area is 213 Å². The van der Waals surface area contributed by atoms with Crippen molar-refractivity contribution in [2.45, 2.75) is 100 Å². The van der Waals surface area contributed by atoms with Crippen molar-refractivity contribution in [3.05, 3.63) is 56.1 Å². The summed E-state index contributed by atoms with van der Waals surface area (Å²) in [6, 6.07) is 0. The van der Waals surface area contributed by atoms with Crippen molar-refractivity contribution in [2.75, 3.05) is 6.61 Å². The first-order chi connectivity index (χ1) is 15.4. The van der Waals surface area contributed by atoms with Crippen LogP contribution in [0.25, 0.3) is 0 Å². The molecule has 2 aliphatic rings. The van der Waals surface area contributed by atoms with Crippen LogP contribution in [0.4, 0.5) is 0 Å². The number of hydrogen-bond donors (Lipinski definition) is 1. The topological polar surface area (TPSA) is 20.2 Å². The minimum atomic E-state index is 0.0614. The zero-order valence-electron chi connectivity index (χ0n) is 22.5. The van der Waals surface area contributed by atoms with Gasteiger partial charge in [0.15, 0.2) is 0 Å². The van der Waals surface area contributed by atoms with Crippen molar-refractivity contribution in [3.63, 3.8) is 0 Å². The molecule has 0 aromatic carbocycles. The molecule has 0 bridgehead atoms. The van der Waals surface area contributed by atoms with E-state index in [1.165, 1.54) is 38.9 Å². The maximum absolute atomic E-state index is 9.72. The summed E-state index contributed by atoms with van der Waals surface area (Å²) >= 11 is 3.88. The van der Waals surface area contributed by atoms with Crippen LogP contribution in [-0.4, -0.2) is 11.7 Å². The Balaban J connectivity index is 2.00. The third-order valence-electron chi connectivity index (χ3n) is 6.65. The highest BCUT2D eigenvalue weighted by atomic mass is 32.2. The average molecular weight is 489 g/mol. The zero-order valence-corrected chi connectivity index (χ0v) is 24.1. The smallest absolute Gasteiger partial charge is 0.0484 e. The maximum atomic E-state index is 9.72. The van der Waals surface area contributed by atoms with Crippen LogP contribution >= 0.6 is 23.5 Å². The fraction of sp³-hybridized carbons (Fsp3) is 0.667. The zero-order chi connectivity index (χ0) is 24.7. The lowest BCUT2D eigenvalue weighted by Gasteiger charge is -2.28. The highest BCUT2D eigenvalue weighted by molar-refractivity contribution is 8.07. The average Bonchev–Trinajstić information content (AvgIpc) is 2.69. The van der Waals surface area contributed by atoms with E-state index in [-0.39, 0.29) is 22.9 Å². The molecule has 2 aliphatic heterocycles. The van der Waals surface area contributed by atoms with Gasteiger partial charge in [-0.05, 0) is 71.8 Å². The molecule has 0 amide bonds. The Hall–Kier alpha value is -0.640. The molecule has 2 rings (SSSR count). The molecule has 3 heteroatoms. The van der Waals surface area contributed by atoms with Crippen molar-refractivity contribution < 1.29 is 5.11 Å². The van der Waals surface area contributed by atoms with Gasteiger partial charge in [0.25, 0.3) is 0 Å². The van der Waals surface area contributed by atoms with E-state index in [0.29, 0.717) is 0 Å². The molecule has 1 N–H and O–H groups in total. The fourth-order valence-corrected chi connectivity index (χ4v) is 7.20. The van der Waals surface area contributed by atoms with E-state index < -0.39 is 0 Å². The molecule has 0 aromatic rings. The molecule has 0 aromatic heterocycles. The van der Waals surface area contributed by atoms with E-state index in [2.05, 4.69) is 91.8 Å². The van der Waals surface area contributed by atoms with E-state index in [1.54, 1.807) is 0 Å². The van der Waals surface area contributed by atoms with Gasteiger partial charge in [-0.25, -0.2) is 0 Å². The molecule has 0 radical (unpaired) electrons. The third kappa shape index (κ3) is 10.2. The Kier molecular flexibility index (Phi) is 10.7. The molecule has 0 saturated heterocycles. The maximum Gasteiger partial charge on any atom is 0.0484 e.